The third kappa shape index (κ3) is 3.32. The fraction of sp³-hybridized carbons (Fsp3) is 0.136. The van der Waals surface area contributed by atoms with E-state index in [2.05, 4.69) is 28.4 Å². The second kappa shape index (κ2) is 6.91. The van der Waals surface area contributed by atoms with Crippen LogP contribution < -0.4 is 5.32 Å². The molecular formula is C22H20N2O. The summed E-state index contributed by atoms with van der Waals surface area (Å²) < 4.78 is 0. The van der Waals surface area contributed by atoms with E-state index in [-0.39, 0.29) is 11.9 Å². The lowest BCUT2D eigenvalue weighted by Crippen LogP contribution is -2.34. The third-order valence-electron chi connectivity index (χ3n) is 4.61. The Bertz CT molecular complexity index is 861. The van der Waals surface area contributed by atoms with Crippen molar-refractivity contribution in [3.63, 3.8) is 0 Å². The number of nitrogens with one attached hydrogen (secondary N) is 1. The van der Waals surface area contributed by atoms with Gasteiger partial charge in [0.05, 0.1) is 0 Å². The number of anilines is 1. The number of carbonyl (C=O) groups is 1. The fourth-order valence-corrected chi connectivity index (χ4v) is 3.42. The largest absolute Gasteiger partial charge is 0.324 e. The van der Waals surface area contributed by atoms with Gasteiger partial charge in [0.25, 0.3) is 0 Å². The molecule has 3 heteroatoms. The van der Waals surface area contributed by atoms with Crippen LogP contribution in [0.3, 0.4) is 0 Å². The molecule has 3 aromatic carbocycles. The highest BCUT2D eigenvalue weighted by atomic mass is 16.2. The summed E-state index contributed by atoms with van der Waals surface area (Å²) in [7, 11) is 0. The Labute approximate surface area is 147 Å². The van der Waals surface area contributed by atoms with E-state index < -0.39 is 0 Å². The lowest BCUT2D eigenvalue weighted by Gasteiger charge is -2.28. The predicted molar refractivity (Wildman–Crippen MR) is 99.9 cm³/mol. The smallest absolute Gasteiger partial charge is 0.246 e. The summed E-state index contributed by atoms with van der Waals surface area (Å²) >= 11 is 0. The third-order valence-corrected chi connectivity index (χ3v) is 4.61. The zero-order valence-electron chi connectivity index (χ0n) is 13.9. The van der Waals surface area contributed by atoms with Gasteiger partial charge < -0.3 is 5.32 Å². The maximum Gasteiger partial charge on any atom is 0.246 e. The molecule has 0 radical (unpaired) electrons. The van der Waals surface area contributed by atoms with Crippen LogP contribution in [0.5, 0.6) is 0 Å². The van der Waals surface area contributed by atoms with Crippen LogP contribution in [0.4, 0.5) is 5.69 Å². The molecule has 0 bridgehead atoms. The van der Waals surface area contributed by atoms with Crippen molar-refractivity contribution in [2.24, 2.45) is 0 Å². The molecule has 1 amide bonds. The monoisotopic (exact) mass is 328 g/mol. The van der Waals surface area contributed by atoms with Crippen molar-refractivity contribution in [1.29, 1.82) is 0 Å². The molecule has 1 aliphatic heterocycles. The van der Waals surface area contributed by atoms with E-state index in [9.17, 15) is 4.79 Å². The molecule has 0 fully saturated rings. The molecule has 1 aliphatic rings. The van der Waals surface area contributed by atoms with E-state index in [1.165, 1.54) is 5.56 Å². The van der Waals surface area contributed by atoms with Crippen molar-refractivity contribution in [3.05, 3.63) is 102 Å². The molecule has 0 aromatic heterocycles. The number of benzene rings is 3. The zero-order valence-corrected chi connectivity index (χ0v) is 13.9. The molecule has 0 aliphatic carbocycles. The molecule has 1 unspecified atom stereocenters. The van der Waals surface area contributed by atoms with Crippen LogP contribution >= 0.6 is 0 Å². The molecule has 1 atom stereocenters. The Hall–Kier alpha value is -2.91. The quantitative estimate of drug-likeness (QED) is 0.774. The van der Waals surface area contributed by atoms with Crippen molar-refractivity contribution >= 4 is 11.6 Å². The van der Waals surface area contributed by atoms with E-state index in [0.29, 0.717) is 0 Å². The molecule has 124 valence electrons. The zero-order chi connectivity index (χ0) is 17.1. The minimum Gasteiger partial charge on any atom is -0.324 e. The number of hydrogen-bond donors (Lipinski definition) is 1. The van der Waals surface area contributed by atoms with Crippen LogP contribution in [-0.4, -0.2) is 10.8 Å². The van der Waals surface area contributed by atoms with Crippen LogP contribution in [0.1, 0.15) is 22.7 Å². The minimum atomic E-state index is -0.311. The van der Waals surface area contributed by atoms with Crippen molar-refractivity contribution in [3.8, 4) is 0 Å². The van der Waals surface area contributed by atoms with Crippen molar-refractivity contribution in [2.45, 2.75) is 19.1 Å². The molecule has 1 heterocycles. The van der Waals surface area contributed by atoms with Crippen molar-refractivity contribution in [2.75, 3.05) is 5.32 Å². The molecule has 0 saturated heterocycles. The number of hydrogen-bond acceptors (Lipinski definition) is 2. The fourth-order valence-electron chi connectivity index (χ4n) is 3.42. The van der Waals surface area contributed by atoms with Gasteiger partial charge in [-0.25, -0.2) is 0 Å². The molecular weight excluding hydrogens is 308 g/mol. The molecule has 1 N–H and O–H groups in total. The van der Waals surface area contributed by atoms with Crippen LogP contribution in [0.2, 0.25) is 0 Å². The maximum atomic E-state index is 13.0. The number of fused-ring (bicyclic) bond motifs is 1. The lowest BCUT2D eigenvalue weighted by atomic mass is 10.0. The Balaban J connectivity index is 1.75. The summed E-state index contributed by atoms with van der Waals surface area (Å²) in [5.74, 6) is 0.0204. The summed E-state index contributed by atoms with van der Waals surface area (Å²) in [4.78, 5) is 15.3. The van der Waals surface area contributed by atoms with Gasteiger partial charge in [0, 0.05) is 18.8 Å². The number of nitrogens with zero attached hydrogens (tertiary/aromatic N) is 1. The predicted octanol–water partition coefficient (Wildman–Crippen LogP) is 4.38. The standard InChI is InChI=1S/C22H20N2O/c25-22-21(18-11-5-2-6-12-18)24(15-17-9-3-1-4-10-17)16-19-13-7-8-14-20(19)23-22/h1-14,21H,15-16H2,(H,23,25). The van der Waals surface area contributed by atoms with E-state index in [1.54, 1.807) is 0 Å². The first kappa shape index (κ1) is 15.6. The van der Waals surface area contributed by atoms with E-state index >= 15 is 0 Å². The van der Waals surface area contributed by atoms with Gasteiger partial charge in [-0.05, 0) is 22.8 Å². The number of para-hydroxylation sites is 1. The molecule has 4 rings (SSSR count). The molecule has 3 aromatic rings. The summed E-state index contributed by atoms with van der Waals surface area (Å²) in [5.41, 5.74) is 4.27. The average Bonchev–Trinajstić information content (AvgIpc) is 2.78. The van der Waals surface area contributed by atoms with Crippen molar-refractivity contribution in [1.82, 2.24) is 4.90 Å². The number of carbonyl (C=O) groups excluding carboxylic acids is 1. The van der Waals surface area contributed by atoms with Crippen LogP contribution in [0.25, 0.3) is 0 Å². The highest BCUT2D eigenvalue weighted by molar-refractivity contribution is 5.96. The van der Waals surface area contributed by atoms with E-state index in [4.69, 9.17) is 0 Å². The van der Waals surface area contributed by atoms with Gasteiger partial charge in [0.15, 0.2) is 0 Å². The summed E-state index contributed by atoms with van der Waals surface area (Å²) in [6.45, 7) is 1.45. The highest BCUT2D eigenvalue weighted by Crippen LogP contribution is 2.31. The molecule has 25 heavy (non-hydrogen) atoms. The molecule has 0 saturated carbocycles. The van der Waals surface area contributed by atoms with Crippen molar-refractivity contribution < 1.29 is 4.79 Å². The van der Waals surface area contributed by atoms with E-state index in [0.717, 1.165) is 29.9 Å². The van der Waals surface area contributed by atoms with Crippen LogP contribution in [-0.2, 0) is 17.9 Å². The summed E-state index contributed by atoms with van der Waals surface area (Å²) in [6.07, 6.45) is 0. The topological polar surface area (TPSA) is 32.3 Å². The summed E-state index contributed by atoms with van der Waals surface area (Å²) in [5, 5.41) is 3.11. The number of amides is 1. The Kier molecular flexibility index (Phi) is 4.32. The lowest BCUT2D eigenvalue weighted by molar-refractivity contribution is -0.121. The Morgan fingerprint density at radius 1 is 0.840 bits per heavy atom. The van der Waals surface area contributed by atoms with Crippen LogP contribution in [0.15, 0.2) is 84.9 Å². The second-order valence-electron chi connectivity index (χ2n) is 6.35. The molecule has 0 spiro atoms. The van der Waals surface area contributed by atoms with Gasteiger partial charge in [-0.1, -0.05) is 78.9 Å². The van der Waals surface area contributed by atoms with Gasteiger partial charge in [0.2, 0.25) is 5.91 Å². The average molecular weight is 328 g/mol. The Morgan fingerprint density at radius 3 is 2.24 bits per heavy atom. The van der Waals surface area contributed by atoms with Gasteiger partial charge in [-0.2, -0.15) is 0 Å². The van der Waals surface area contributed by atoms with Gasteiger partial charge >= 0.3 is 0 Å². The highest BCUT2D eigenvalue weighted by Gasteiger charge is 2.31. The first-order valence-electron chi connectivity index (χ1n) is 8.53. The first-order chi connectivity index (χ1) is 12.3. The van der Waals surface area contributed by atoms with Crippen LogP contribution in [0, 0.1) is 0 Å². The van der Waals surface area contributed by atoms with E-state index in [1.807, 2.05) is 66.7 Å². The summed E-state index contributed by atoms with van der Waals surface area (Å²) in [6, 6.07) is 28.1. The Morgan fingerprint density at radius 2 is 1.48 bits per heavy atom. The number of rotatable bonds is 3. The maximum absolute atomic E-state index is 13.0. The van der Waals surface area contributed by atoms with Gasteiger partial charge in [-0.3, -0.25) is 9.69 Å². The normalized spacial score (nSPS) is 17.4. The minimum absolute atomic E-state index is 0.0204. The SMILES string of the molecule is O=C1Nc2ccccc2CN(Cc2ccccc2)C1c1ccccc1. The van der Waals surface area contributed by atoms with Gasteiger partial charge in [0.1, 0.15) is 6.04 Å². The molecule has 3 nitrogen and oxygen atoms in total. The second-order valence-corrected chi connectivity index (χ2v) is 6.35. The van der Waals surface area contributed by atoms with Gasteiger partial charge in [-0.15, -0.1) is 0 Å². The first-order valence-corrected chi connectivity index (χ1v) is 8.53.